The van der Waals surface area contributed by atoms with Crippen LogP contribution >= 0.6 is 0 Å². The van der Waals surface area contributed by atoms with Crippen molar-refractivity contribution in [3.63, 3.8) is 0 Å². The zero-order valence-corrected chi connectivity index (χ0v) is 18.4. The van der Waals surface area contributed by atoms with Crippen molar-refractivity contribution < 1.29 is 13.7 Å². The van der Waals surface area contributed by atoms with Crippen molar-refractivity contribution in [2.24, 2.45) is 0 Å². The van der Waals surface area contributed by atoms with Crippen LogP contribution in [0.5, 0.6) is 5.75 Å². The van der Waals surface area contributed by atoms with Crippen molar-refractivity contribution in [2.75, 3.05) is 12.4 Å². The zero-order valence-electron chi connectivity index (χ0n) is 17.6. The number of carbonyl (C=O) groups excluding carboxylic acids is 1. The van der Waals surface area contributed by atoms with Gasteiger partial charge in [0.15, 0.2) is 0 Å². The number of rotatable bonds is 4. The molecular formula is C23H25N3O3S. The van der Waals surface area contributed by atoms with Crippen molar-refractivity contribution in [2.45, 2.75) is 37.7 Å². The topological polar surface area (TPSA) is 73.2 Å². The van der Waals surface area contributed by atoms with Gasteiger partial charge in [-0.3, -0.25) is 9.00 Å². The largest absolute Gasteiger partial charge is 0.497 e. The third kappa shape index (κ3) is 3.89. The molecule has 0 radical (unpaired) electrons. The van der Waals surface area contributed by atoms with Crippen molar-refractivity contribution in [3.8, 4) is 11.4 Å². The Kier molecular flexibility index (Phi) is 5.24. The van der Waals surface area contributed by atoms with Crippen LogP contribution in [-0.2, 0) is 27.7 Å². The summed E-state index contributed by atoms with van der Waals surface area (Å²) >= 11 is 0. The summed E-state index contributed by atoms with van der Waals surface area (Å²) in [5.74, 6) is 1.90. The van der Waals surface area contributed by atoms with Crippen LogP contribution in [0.25, 0.3) is 5.69 Å². The third-order valence-electron chi connectivity index (χ3n) is 5.23. The van der Waals surface area contributed by atoms with Crippen LogP contribution in [0.2, 0.25) is 0 Å². The summed E-state index contributed by atoms with van der Waals surface area (Å²) in [4.78, 5) is 13.0. The molecule has 7 heteroatoms. The second-order valence-corrected chi connectivity index (χ2v) is 9.85. The Morgan fingerprint density at radius 2 is 1.73 bits per heavy atom. The van der Waals surface area contributed by atoms with Crippen molar-refractivity contribution in [1.29, 1.82) is 0 Å². The first-order chi connectivity index (χ1) is 14.3. The van der Waals surface area contributed by atoms with Gasteiger partial charge in [0.25, 0.3) is 5.91 Å². The summed E-state index contributed by atoms with van der Waals surface area (Å²) in [7, 11) is 0.627. The predicted molar refractivity (Wildman–Crippen MR) is 119 cm³/mol. The first-order valence-corrected chi connectivity index (χ1v) is 11.3. The number of fused-ring (bicyclic) bond motifs is 1. The number of ether oxygens (including phenoxy) is 1. The lowest BCUT2D eigenvalue weighted by Gasteiger charge is -2.19. The summed E-state index contributed by atoms with van der Waals surface area (Å²) < 4.78 is 19.0. The van der Waals surface area contributed by atoms with Crippen molar-refractivity contribution >= 4 is 22.5 Å². The predicted octanol–water partition coefficient (Wildman–Crippen LogP) is 4.19. The molecule has 156 valence electrons. The molecule has 6 nitrogen and oxygen atoms in total. The highest BCUT2D eigenvalue weighted by Crippen LogP contribution is 2.32. The molecule has 1 amide bonds. The zero-order chi connectivity index (χ0) is 21.5. The molecule has 1 aromatic heterocycles. The highest BCUT2D eigenvalue weighted by atomic mass is 32.2. The van der Waals surface area contributed by atoms with Crippen LogP contribution in [-0.4, -0.2) is 27.0 Å². The van der Waals surface area contributed by atoms with Gasteiger partial charge in [-0.25, -0.2) is 4.68 Å². The van der Waals surface area contributed by atoms with E-state index in [0.29, 0.717) is 22.9 Å². The smallest absolute Gasteiger partial charge is 0.256 e. The van der Waals surface area contributed by atoms with Crippen molar-refractivity contribution in [1.82, 2.24) is 9.78 Å². The normalized spacial score (nSPS) is 15.7. The molecule has 0 fully saturated rings. The SMILES string of the molecule is COc1ccc(-n2nc3c(c2NC(=O)c2ccc(C(C)(C)C)cc2)CS(=O)C3)cc1. The van der Waals surface area contributed by atoms with E-state index in [2.05, 4.69) is 31.2 Å². The van der Waals surface area contributed by atoms with E-state index in [9.17, 15) is 9.00 Å². The van der Waals surface area contributed by atoms with Crippen LogP contribution in [0.4, 0.5) is 5.82 Å². The molecule has 1 aliphatic rings. The molecule has 2 aromatic carbocycles. The molecule has 3 aromatic rings. The Hall–Kier alpha value is -2.93. The molecule has 1 N–H and O–H groups in total. The first-order valence-electron chi connectivity index (χ1n) is 9.78. The standard InChI is InChI=1S/C23H25N3O3S/c1-23(2,3)16-7-5-15(6-8-16)22(27)24-21-19-13-30(28)14-20(19)25-26(21)17-9-11-18(29-4)12-10-17/h5-12H,13-14H2,1-4H3,(H,24,27). The number of hydrogen-bond acceptors (Lipinski definition) is 4. The van der Waals surface area contributed by atoms with E-state index < -0.39 is 10.8 Å². The summed E-state index contributed by atoms with van der Waals surface area (Å²) in [5.41, 5.74) is 4.16. The monoisotopic (exact) mass is 423 g/mol. The number of nitrogens with zero attached hydrogens (tertiary/aromatic N) is 2. The molecule has 1 aliphatic heterocycles. The van der Waals surface area contributed by atoms with Gasteiger partial charge in [-0.15, -0.1) is 0 Å². The number of amides is 1. The van der Waals surface area contributed by atoms with E-state index in [0.717, 1.165) is 22.7 Å². The second kappa shape index (κ2) is 7.72. The Balaban J connectivity index is 1.67. The minimum absolute atomic E-state index is 0.0207. The van der Waals surface area contributed by atoms with E-state index in [4.69, 9.17) is 4.74 Å². The highest BCUT2D eigenvalue weighted by molar-refractivity contribution is 7.83. The van der Waals surface area contributed by atoms with Gasteiger partial charge in [0.2, 0.25) is 0 Å². The molecule has 0 saturated carbocycles. The maximum Gasteiger partial charge on any atom is 0.256 e. The quantitative estimate of drug-likeness (QED) is 0.683. The van der Waals surface area contributed by atoms with Gasteiger partial charge in [0.05, 0.1) is 30.0 Å². The number of methoxy groups -OCH3 is 1. The molecule has 30 heavy (non-hydrogen) atoms. The van der Waals surface area contributed by atoms with Crippen LogP contribution in [0.3, 0.4) is 0 Å². The molecular weight excluding hydrogens is 398 g/mol. The van der Waals surface area contributed by atoms with Crippen LogP contribution in [0.15, 0.2) is 48.5 Å². The Morgan fingerprint density at radius 1 is 1.07 bits per heavy atom. The summed E-state index contributed by atoms with van der Waals surface area (Å²) in [6.07, 6.45) is 0. The van der Waals surface area contributed by atoms with Gasteiger partial charge in [-0.05, 0) is 47.4 Å². The number of nitrogens with one attached hydrogen (secondary N) is 1. The fourth-order valence-electron chi connectivity index (χ4n) is 3.47. The fraction of sp³-hybridized carbons (Fsp3) is 0.304. The summed E-state index contributed by atoms with van der Waals surface area (Å²) in [6, 6.07) is 15.1. The molecule has 1 unspecified atom stereocenters. The number of benzene rings is 2. The lowest BCUT2D eigenvalue weighted by atomic mass is 9.87. The summed E-state index contributed by atoms with van der Waals surface area (Å²) in [6.45, 7) is 6.41. The van der Waals surface area contributed by atoms with E-state index in [1.54, 1.807) is 11.8 Å². The Morgan fingerprint density at radius 3 is 2.33 bits per heavy atom. The number of carbonyl (C=O) groups is 1. The maximum absolute atomic E-state index is 13.0. The van der Waals surface area contributed by atoms with Crippen LogP contribution < -0.4 is 10.1 Å². The minimum atomic E-state index is -0.988. The minimum Gasteiger partial charge on any atom is -0.497 e. The molecule has 0 saturated heterocycles. The van der Waals surface area contributed by atoms with E-state index in [1.165, 1.54) is 5.56 Å². The van der Waals surface area contributed by atoms with Gasteiger partial charge < -0.3 is 10.1 Å². The fourth-order valence-corrected chi connectivity index (χ4v) is 4.73. The van der Waals surface area contributed by atoms with Crippen LogP contribution in [0.1, 0.15) is 48.0 Å². The van der Waals surface area contributed by atoms with Crippen LogP contribution in [0, 0.1) is 0 Å². The number of anilines is 1. The third-order valence-corrected chi connectivity index (χ3v) is 6.44. The van der Waals surface area contributed by atoms with Gasteiger partial charge >= 0.3 is 0 Å². The van der Waals surface area contributed by atoms with E-state index in [1.807, 2.05) is 48.5 Å². The average molecular weight is 424 g/mol. The van der Waals surface area contributed by atoms with E-state index >= 15 is 0 Å². The number of hydrogen-bond donors (Lipinski definition) is 1. The molecule has 0 bridgehead atoms. The van der Waals surface area contributed by atoms with Gasteiger partial charge in [-0.2, -0.15) is 5.10 Å². The summed E-state index contributed by atoms with van der Waals surface area (Å²) in [5, 5.41) is 7.64. The molecule has 1 atom stereocenters. The highest BCUT2D eigenvalue weighted by Gasteiger charge is 2.28. The second-order valence-electron chi connectivity index (χ2n) is 8.39. The van der Waals surface area contributed by atoms with Gasteiger partial charge in [-0.1, -0.05) is 32.9 Å². The molecule has 0 aliphatic carbocycles. The maximum atomic E-state index is 13.0. The van der Waals surface area contributed by atoms with Crippen molar-refractivity contribution in [3.05, 3.63) is 70.9 Å². The lowest BCUT2D eigenvalue weighted by molar-refractivity contribution is 0.102. The van der Waals surface area contributed by atoms with Gasteiger partial charge in [0.1, 0.15) is 11.6 Å². The lowest BCUT2D eigenvalue weighted by Crippen LogP contribution is -2.17. The first kappa shape index (κ1) is 20.3. The molecule has 0 spiro atoms. The Bertz CT molecular complexity index is 1110. The average Bonchev–Trinajstić information content (AvgIpc) is 3.24. The number of aromatic nitrogens is 2. The van der Waals surface area contributed by atoms with E-state index in [-0.39, 0.29) is 11.3 Å². The van der Waals surface area contributed by atoms with Gasteiger partial charge in [0, 0.05) is 21.9 Å². The Labute approximate surface area is 178 Å². The molecule has 4 rings (SSSR count). The molecule has 2 heterocycles.